The fraction of sp³-hybridized carbons (Fsp3) is 0.526. The van der Waals surface area contributed by atoms with Gasteiger partial charge in [0.15, 0.2) is 0 Å². The first-order valence-electron chi connectivity index (χ1n) is 8.65. The van der Waals surface area contributed by atoms with E-state index in [1.807, 2.05) is 0 Å². The molecule has 0 aromatic heterocycles. The molecule has 0 aliphatic heterocycles. The first-order chi connectivity index (χ1) is 11.1. The lowest BCUT2D eigenvalue weighted by Crippen LogP contribution is -2.38. The largest absolute Gasteiger partial charge is 0.508 e. The highest BCUT2D eigenvalue weighted by molar-refractivity contribution is 5.93. The van der Waals surface area contributed by atoms with Crippen molar-refractivity contribution in [2.45, 2.75) is 63.3 Å². The quantitative estimate of drug-likeness (QED) is 0.796. The summed E-state index contributed by atoms with van der Waals surface area (Å²) in [5.41, 5.74) is 1.86. The molecule has 0 bridgehead atoms. The van der Waals surface area contributed by atoms with Gasteiger partial charge in [-0.15, -0.1) is 0 Å². The number of carbonyl (C=O) groups is 1. The van der Waals surface area contributed by atoms with Crippen molar-refractivity contribution in [3.63, 3.8) is 0 Å². The van der Waals surface area contributed by atoms with E-state index in [9.17, 15) is 15.0 Å². The van der Waals surface area contributed by atoms with Gasteiger partial charge in [0.1, 0.15) is 11.5 Å². The van der Waals surface area contributed by atoms with E-state index in [-0.39, 0.29) is 23.4 Å². The first-order valence-corrected chi connectivity index (χ1v) is 8.65. The average Bonchev–Trinajstić information content (AvgIpc) is 2.57. The maximum atomic E-state index is 12.3. The zero-order valence-electron chi connectivity index (χ0n) is 13.4. The number of amides is 1. The second-order valence-corrected chi connectivity index (χ2v) is 6.74. The Bertz CT molecular complexity index is 601. The molecular formula is C19H25NO3. The monoisotopic (exact) mass is 315 g/mol. The fourth-order valence-corrected chi connectivity index (χ4v) is 3.75. The van der Waals surface area contributed by atoms with E-state index in [4.69, 9.17) is 0 Å². The second-order valence-electron chi connectivity index (χ2n) is 6.74. The molecule has 1 fully saturated rings. The number of allylic oxidation sites excluding steroid dienone is 1. The van der Waals surface area contributed by atoms with Crippen LogP contribution < -0.4 is 5.32 Å². The molecule has 124 valence electrons. The van der Waals surface area contributed by atoms with Crippen LogP contribution in [0.3, 0.4) is 0 Å². The molecule has 3 N–H and O–H groups in total. The normalized spacial score (nSPS) is 24.8. The molecule has 0 radical (unpaired) electrons. The third kappa shape index (κ3) is 3.87. The summed E-state index contributed by atoms with van der Waals surface area (Å²) < 4.78 is 0. The summed E-state index contributed by atoms with van der Waals surface area (Å²) >= 11 is 0. The van der Waals surface area contributed by atoms with Gasteiger partial charge in [-0.25, -0.2) is 0 Å². The molecule has 0 saturated heterocycles. The van der Waals surface area contributed by atoms with E-state index in [1.165, 1.54) is 12.5 Å². The van der Waals surface area contributed by atoms with Gasteiger partial charge < -0.3 is 15.5 Å². The molecule has 4 nitrogen and oxygen atoms in total. The number of hydrogen-bond donors (Lipinski definition) is 3. The Hall–Kier alpha value is -1.97. The summed E-state index contributed by atoms with van der Waals surface area (Å²) in [7, 11) is 0. The zero-order valence-corrected chi connectivity index (χ0v) is 13.4. The summed E-state index contributed by atoms with van der Waals surface area (Å²) in [6.07, 6.45) is 10.1. The number of aromatic hydroxyl groups is 2. The van der Waals surface area contributed by atoms with Crippen molar-refractivity contribution < 1.29 is 15.0 Å². The van der Waals surface area contributed by atoms with E-state index in [2.05, 4.69) is 11.4 Å². The summed E-state index contributed by atoms with van der Waals surface area (Å²) in [5, 5.41) is 22.6. The predicted molar refractivity (Wildman–Crippen MR) is 89.5 cm³/mol. The van der Waals surface area contributed by atoms with Gasteiger partial charge in [0.2, 0.25) is 5.91 Å². The summed E-state index contributed by atoms with van der Waals surface area (Å²) in [6.45, 7) is 0. The summed E-state index contributed by atoms with van der Waals surface area (Å²) in [4.78, 5) is 12.3. The van der Waals surface area contributed by atoms with Gasteiger partial charge in [0.25, 0.3) is 0 Å². The van der Waals surface area contributed by atoms with Crippen LogP contribution >= 0.6 is 0 Å². The Morgan fingerprint density at radius 3 is 2.52 bits per heavy atom. The van der Waals surface area contributed by atoms with Crippen LogP contribution in [0.25, 0.3) is 0 Å². The highest BCUT2D eigenvalue weighted by atomic mass is 16.3. The Balaban J connectivity index is 1.54. The van der Waals surface area contributed by atoms with Crippen LogP contribution in [0.5, 0.6) is 11.5 Å². The van der Waals surface area contributed by atoms with Gasteiger partial charge in [0, 0.05) is 17.7 Å². The van der Waals surface area contributed by atoms with Crippen molar-refractivity contribution in [1.82, 2.24) is 5.32 Å². The van der Waals surface area contributed by atoms with E-state index in [1.54, 1.807) is 12.1 Å². The first kappa shape index (κ1) is 15.9. The van der Waals surface area contributed by atoms with Crippen LogP contribution in [-0.4, -0.2) is 22.2 Å². The Kier molecular flexibility index (Phi) is 4.89. The van der Waals surface area contributed by atoms with Crippen molar-refractivity contribution in [3.8, 4) is 11.5 Å². The highest BCUT2D eigenvalue weighted by Crippen LogP contribution is 2.38. The minimum atomic E-state index is 0.0907. The van der Waals surface area contributed by atoms with Crippen molar-refractivity contribution in [1.29, 1.82) is 0 Å². The van der Waals surface area contributed by atoms with Crippen molar-refractivity contribution >= 4 is 5.91 Å². The lowest BCUT2D eigenvalue weighted by Gasteiger charge is -2.30. The number of phenols is 2. The molecule has 1 aromatic carbocycles. The molecule has 1 saturated carbocycles. The standard InChI is InChI=1S/C19H25NO3/c21-16-10-11-17(18(22)12-16)13-6-8-15(9-7-13)20-19(23)14-4-2-1-3-5-14/h4,10-13,15,21-22H,1-3,5-9H2,(H,20,23). The van der Waals surface area contributed by atoms with Crippen molar-refractivity contribution in [3.05, 3.63) is 35.4 Å². The Morgan fingerprint density at radius 1 is 1.09 bits per heavy atom. The molecule has 4 heteroatoms. The molecule has 3 rings (SSSR count). The molecule has 0 unspecified atom stereocenters. The van der Waals surface area contributed by atoms with Crippen LogP contribution in [0, 0.1) is 0 Å². The number of rotatable bonds is 3. The van der Waals surface area contributed by atoms with Crippen molar-refractivity contribution in [2.75, 3.05) is 0 Å². The van der Waals surface area contributed by atoms with Gasteiger partial charge in [-0.1, -0.05) is 12.1 Å². The maximum absolute atomic E-state index is 12.3. The van der Waals surface area contributed by atoms with Crippen LogP contribution in [0.1, 0.15) is 62.8 Å². The number of hydrogen-bond acceptors (Lipinski definition) is 3. The molecular weight excluding hydrogens is 290 g/mol. The highest BCUT2D eigenvalue weighted by Gasteiger charge is 2.26. The SMILES string of the molecule is O=C(NC1CCC(c2ccc(O)cc2O)CC1)C1=CCCCC1. The maximum Gasteiger partial charge on any atom is 0.247 e. The molecule has 23 heavy (non-hydrogen) atoms. The fourth-order valence-electron chi connectivity index (χ4n) is 3.75. The van der Waals surface area contributed by atoms with Gasteiger partial charge in [-0.05, 0) is 68.9 Å². The van der Waals surface area contributed by atoms with Gasteiger partial charge in [-0.2, -0.15) is 0 Å². The summed E-state index contributed by atoms with van der Waals surface area (Å²) in [6, 6.07) is 5.07. The van der Waals surface area contributed by atoms with Gasteiger partial charge in [0.05, 0.1) is 0 Å². The lowest BCUT2D eigenvalue weighted by atomic mass is 9.81. The van der Waals surface area contributed by atoms with Crippen molar-refractivity contribution in [2.24, 2.45) is 0 Å². The van der Waals surface area contributed by atoms with Crippen LogP contribution in [0.2, 0.25) is 0 Å². The molecule has 1 aromatic rings. The van der Waals surface area contributed by atoms with Gasteiger partial charge in [-0.3, -0.25) is 4.79 Å². The Labute approximate surface area is 137 Å². The third-order valence-electron chi connectivity index (χ3n) is 5.10. The summed E-state index contributed by atoms with van der Waals surface area (Å²) in [5.74, 6) is 0.677. The van der Waals surface area contributed by atoms with E-state index in [0.717, 1.165) is 56.1 Å². The minimum Gasteiger partial charge on any atom is -0.508 e. The van der Waals surface area contributed by atoms with E-state index < -0.39 is 0 Å². The van der Waals surface area contributed by atoms with E-state index in [0.29, 0.717) is 5.92 Å². The zero-order chi connectivity index (χ0) is 16.2. The smallest absolute Gasteiger partial charge is 0.247 e. The van der Waals surface area contributed by atoms with Crippen LogP contribution in [0.4, 0.5) is 0 Å². The molecule has 2 aliphatic carbocycles. The predicted octanol–water partition coefficient (Wildman–Crippen LogP) is 3.74. The third-order valence-corrected chi connectivity index (χ3v) is 5.10. The number of phenolic OH excluding ortho intramolecular Hbond substituents is 2. The molecule has 2 aliphatic rings. The number of nitrogens with one attached hydrogen (secondary N) is 1. The lowest BCUT2D eigenvalue weighted by molar-refractivity contribution is -0.118. The topological polar surface area (TPSA) is 69.6 Å². The van der Waals surface area contributed by atoms with E-state index >= 15 is 0 Å². The molecule has 0 spiro atoms. The van der Waals surface area contributed by atoms with Gasteiger partial charge >= 0.3 is 0 Å². The second kappa shape index (κ2) is 7.07. The molecule has 0 atom stereocenters. The average molecular weight is 315 g/mol. The molecule has 0 heterocycles. The van der Waals surface area contributed by atoms with Crippen LogP contribution in [-0.2, 0) is 4.79 Å². The number of carbonyl (C=O) groups excluding carboxylic acids is 1. The van der Waals surface area contributed by atoms with Crippen LogP contribution in [0.15, 0.2) is 29.8 Å². The minimum absolute atomic E-state index is 0.0907. The number of benzene rings is 1. The molecule has 1 amide bonds. The Morgan fingerprint density at radius 2 is 1.87 bits per heavy atom.